The summed E-state index contributed by atoms with van der Waals surface area (Å²) < 4.78 is 10.8. The molecular weight excluding hydrogens is 334 g/mol. The molecule has 1 unspecified atom stereocenters. The van der Waals surface area contributed by atoms with Crippen LogP contribution in [0.5, 0.6) is 5.88 Å². The molecule has 0 aromatic carbocycles. The highest BCUT2D eigenvalue weighted by atomic mass is 16.5. The minimum Gasteiger partial charge on any atom is -0.481 e. The van der Waals surface area contributed by atoms with Crippen LogP contribution in [0.25, 0.3) is 0 Å². The highest BCUT2D eigenvalue weighted by Crippen LogP contribution is 2.16. The predicted molar refractivity (Wildman–Crippen MR) is 98.1 cm³/mol. The molecule has 2 fully saturated rings. The number of ether oxygens (including phenoxy) is 2. The molecule has 8 nitrogen and oxygen atoms in total. The summed E-state index contributed by atoms with van der Waals surface area (Å²) in [6.07, 6.45) is 3.29. The number of aliphatic imine (C=N–C) groups is 1. The normalized spacial score (nSPS) is 21.0. The number of carbonyl (C=O) groups is 1. The van der Waals surface area contributed by atoms with E-state index >= 15 is 0 Å². The molecule has 1 aromatic rings. The Kier molecular flexibility index (Phi) is 6.27. The van der Waals surface area contributed by atoms with Crippen molar-refractivity contribution in [2.45, 2.75) is 25.5 Å². The van der Waals surface area contributed by atoms with Gasteiger partial charge in [0.05, 0.1) is 7.11 Å². The zero-order valence-electron chi connectivity index (χ0n) is 15.5. The SMILES string of the molecule is CN=C(NCc1cccnc1OC)N1CCN(C(=O)C2CCCO2)CC1. The van der Waals surface area contributed by atoms with E-state index in [4.69, 9.17) is 9.47 Å². The van der Waals surface area contributed by atoms with E-state index in [9.17, 15) is 4.79 Å². The Hall–Kier alpha value is -2.35. The van der Waals surface area contributed by atoms with Crippen LogP contribution in [0.1, 0.15) is 18.4 Å². The summed E-state index contributed by atoms with van der Waals surface area (Å²) in [6, 6.07) is 3.86. The van der Waals surface area contributed by atoms with Gasteiger partial charge in [-0.1, -0.05) is 6.07 Å². The van der Waals surface area contributed by atoms with Crippen molar-refractivity contribution in [1.82, 2.24) is 20.1 Å². The summed E-state index contributed by atoms with van der Waals surface area (Å²) >= 11 is 0. The van der Waals surface area contributed by atoms with Crippen molar-refractivity contribution in [3.05, 3.63) is 23.9 Å². The number of rotatable bonds is 4. The van der Waals surface area contributed by atoms with Crippen LogP contribution in [0.4, 0.5) is 0 Å². The minimum absolute atomic E-state index is 0.130. The first-order valence-electron chi connectivity index (χ1n) is 9.06. The standard InChI is InChI=1S/C18H27N5O3/c1-19-18(21-13-14-5-3-7-20-16(14)25-2)23-10-8-22(9-11-23)17(24)15-6-4-12-26-15/h3,5,7,15H,4,6,8-13H2,1-2H3,(H,19,21). The summed E-state index contributed by atoms with van der Waals surface area (Å²) in [5.74, 6) is 1.56. The average Bonchev–Trinajstić information content (AvgIpc) is 3.23. The maximum Gasteiger partial charge on any atom is 0.251 e. The fourth-order valence-corrected chi connectivity index (χ4v) is 3.36. The second-order valence-corrected chi connectivity index (χ2v) is 6.39. The van der Waals surface area contributed by atoms with Gasteiger partial charge in [-0.15, -0.1) is 0 Å². The lowest BCUT2D eigenvalue weighted by atomic mass is 10.2. The summed E-state index contributed by atoms with van der Waals surface area (Å²) in [4.78, 5) is 25.1. The molecule has 2 saturated heterocycles. The number of nitrogens with one attached hydrogen (secondary N) is 1. The second-order valence-electron chi connectivity index (χ2n) is 6.39. The van der Waals surface area contributed by atoms with Gasteiger partial charge in [-0.2, -0.15) is 0 Å². The number of hydrogen-bond acceptors (Lipinski definition) is 5. The van der Waals surface area contributed by atoms with Crippen molar-refractivity contribution in [2.24, 2.45) is 4.99 Å². The number of aromatic nitrogens is 1. The highest BCUT2D eigenvalue weighted by Gasteiger charge is 2.30. The van der Waals surface area contributed by atoms with Gasteiger partial charge in [0, 0.05) is 58.1 Å². The third-order valence-corrected chi connectivity index (χ3v) is 4.79. The van der Waals surface area contributed by atoms with E-state index < -0.39 is 0 Å². The quantitative estimate of drug-likeness (QED) is 0.621. The van der Waals surface area contributed by atoms with E-state index in [-0.39, 0.29) is 12.0 Å². The molecular formula is C18H27N5O3. The molecule has 0 aliphatic carbocycles. The van der Waals surface area contributed by atoms with Crippen LogP contribution in [0, 0.1) is 0 Å². The van der Waals surface area contributed by atoms with Crippen LogP contribution in [0.15, 0.2) is 23.3 Å². The lowest BCUT2D eigenvalue weighted by Gasteiger charge is -2.37. The number of amides is 1. The van der Waals surface area contributed by atoms with Crippen molar-refractivity contribution in [2.75, 3.05) is 46.9 Å². The van der Waals surface area contributed by atoms with Crippen molar-refractivity contribution in [1.29, 1.82) is 0 Å². The topological polar surface area (TPSA) is 79.3 Å². The molecule has 3 rings (SSSR count). The van der Waals surface area contributed by atoms with Gasteiger partial charge in [0.1, 0.15) is 6.10 Å². The monoisotopic (exact) mass is 361 g/mol. The molecule has 8 heteroatoms. The Balaban J connectivity index is 1.51. The molecule has 1 aromatic heterocycles. The smallest absolute Gasteiger partial charge is 0.251 e. The van der Waals surface area contributed by atoms with E-state index in [0.717, 1.165) is 37.5 Å². The van der Waals surface area contributed by atoms with Crippen LogP contribution in [-0.2, 0) is 16.1 Å². The van der Waals surface area contributed by atoms with E-state index in [1.54, 1.807) is 20.4 Å². The number of hydrogen-bond donors (Lipinski definition) is 1. The van der Waals surface area contributed by atoms with Crippen LogP contribution >= 0.6 is 0 Å². The Bertz CT molecular complexity index is 637. The number of guanidine groups is 1. The fourth-order valence-electron chi connectivity index (χ4n) is 3.36. The molecule has 0 spiro atoms. The van der Waals surface area contributed by atoms with Gasteiger partial charge < -0.3 is 24.6 Å². The van der Waals surface area contributed by atoms with Crippen LogP contribution in [0.2, 0.25) is 0 Å². The first kappa shape index (κ1) is 18.4. The molecule has 3 heterocycles. The van der Waals surface area contributed by atoms with Crippen LogP contribution in [-0.4, -0.2) is 79.7 Å². The van der Waals surface area contributed by atoms with E-state index in [1.165, 1.54) is 0 Å². The Labute approximate surface area is 154 Å². The molecule has 26 heavy (non-hydrogen) atoms. The summed E-state index contributed by atoms with van der Waals surface area (Å²) in [5, 5.41) is 3.36. The number of methoxy groups -OCH3 is 1. The molecule has 1 amide bonds. The van der Waals surface area contributed by atoms with Gasteiger partial charge in [-0.25, -0.2) is 4.98 Å². The molecule has 0 bridgehead atoms. The highest BCUT2D eigenvalue weighted by molar-refractivity contribution is 5.82. The Morgan fingerprint density at radius 1 is 1.38 bits per heavy atom. The third kappa shape index (κ3) is 4.24. The zero-order chi connectivity index (χ0) is 18.4. The van der Waals surface area contributed by atoms with Crippen LogP contribution in [0.3, 0.4) is 0 Å². The minimum atomic E-state index is -0.239. The van der Waals surface area contributed by atoms with Gasteiger partial charge in [0.25, 0.3) is 5.91 Å². The van der Waals surface area contributed by atoms with Crippen molar-refractivity contribution in [3.8, 4) is 5.88 Å². The molecule has 1 N–H and O–H groups in total. The maximum absolute atomic E-state index is 12.4. The van der Waals surface area contributed by atoms with Gasteiger partial charge in [0.2, 0.25) is 5.88 Å². The molecule has 0 radical (unpaired) electrons. The van der Waals surface area contributed by atoms with Gasteiger partial charge in [0.15, 0.2) is 5.96 Å². The summed E-state index contributed by atoms with van der Waals surface area (Å²) in [6.45, 7) is 4.17. The first-order valence-corrected chi connectivity index (χ1v) is 9.06. The predicted octanol–water partition coefficient (Wildman–Crippen LogP) is 0.489. The number of carbonyl (C=O) groups excluding carboxylic acids is 1. The largest absolute Gasteiger partial charge is 0.481 e. The fraction of sp³-hybridized carbons (Fsp3) is 0.611. The first-order chi connectivity index (χ1) is 12.7. The molecule has 2 aliphatic heterocycles. The average molecular weight is 361 g/mol. The van der Waals surface area contributed by atoms with Gasteiger partial charge in [-0.05, 0) is 18.9 Å². The summed E-state index contributed by atoms with van der Waals surface area (Å²) in [7, 11) is 3.39. The van der Waals surface area contributed by atoms with E-state index in [2.05, 4.69) is 20.2 Å². The summed E-state index contributed by atoms with van der Waals surface area (Å²) in [5.41, 5.74) is 0.975. The Morgan fingerprint density at radius 3 is 2.81 bits per heavy atom. The molecule has 2 aliphatic rings. The second kappa shape index (κ2) is 8.84. The zero-order valence-corrected chi connectivity index (χ0v) is 15.5. The van der Waals surface area contributed by atoms with Gasteiger partial charge >= 0.3 is 0 Å². The van der Waals surface area contributed by atoms with Gasteiger partial charge in [-0.3, -0.25) is 9.79 Å². The molecule has 142 valence electrons. The molecule has 1 atom stereocenters. The number of nitrogens with zero attached hydrogens (tertiary/aromatic N) is 4. The maximum atomic E-state index is 12.4. The Morgan fingerprint density at radius 2 is 2.15 bits per heavy atom. The van der Waals surface area contributed by atoms with Crippen molar-refractivity contribution < 1.29 is 14.3 Å². The van der Waals surface area contributed by atoms with E-state index in [0.29, 0.717) is 32.1 Å². The lowest BCUT2D eigenvalue weighted by Crippen LogP contribution is -2.55. The number of pyridine rings is 1. The van der Waals surface area contributed by atoms with Crippen LogP contribution < -0.4 is 10.1 Å². The van der Waals surface area contributed by atoms with Crippen molar-refractivity contribution in [3.63, 3.8) is 0 Å². The molecule has 0 saturated carbocycles. The number of piperazine rings is 1. The van der Waals surface area contributed by atoms with Crippen molar-refractivity contribution >= 4 is 11.9 Å². The lowest BCUT2D eigenvalue weighted by molar-refractivity contribution is -0.142. The third-order valence-electron chi connectivity index (χ3n) is 4.79. The van der Waals surface area contributed by atoms with E-state index in [1.807, 2.05) is 17.0 Å².